The molecule has 0 bridgehead atoms. The van der Waals surface area contributed by atoms with Crippen molar-refractivity contribution in [1.29, 1.82) is 0 Å². The SMILES string of the molecule is c1ccc(-c2nc(-n3c4cccc5c4c4c6c(cccc6c6c(c7ccccc7n6-c6ccccc6)c43)-c3ccccc3-5)nc3ccccc23)cc1. The summed E-state index contributed by atoms with van der Waals surface area (Å²) in [5, 5.41) is 8.40. The lowest BCUT2D eigenvalue weighted by Gasteiger charge is -2.16. The van der Waals surface area contributed by atoms with Gasteiger partial charge in [-0.2, -0.15) is 0 Å². The number of aromatic nitrogens is 4. The number of rotatable bonds is 3. The van der Waals surface area contributed by atoms with Crippen LogP contribution >= 0.6 is 0 Å². The first kappa shape index (κ1) is 27.7. The molecule has 0 aliphatic heterocycles. The summed E-state index contributed by atoms with van der Waals surface area (Å²) in [7, 11) is 0. The highest BCUT2D eigenvalue weighted by atomic mass is 15.2. The Morgan fingerprint density at radius 2 is 0.942 bits per heavy atom. The van der Waals surface area contributed by atoms with Crippen molar-refractivity contribution in [2.24, 2.45) is 0 Å². The van der Waals surface area contributed by atoms with Gasteiger partial charge in [0.2, 0.25) is 5.95 Å². The molecule has 0 amide bonds. The minimum absolute atomic E-state index is 0.665. The zero-order chi connectivity index (χ0) is 33.9. The van der Waals surface area contributed by atoms with E-state index in [1.165, 1.54) is 65.6 Å². The molecular formula is C48H28N4. The lowest BCUT2D eigenvalue weighted by Crippen LogP contribution is -2.04. The molecule has 8 aromatic carbocycles. The van der Waals surface area contributed by atoms with Gasteiger partial charge < -0.3 is 4.57 Å². The fourth-order valence-electron chi connectivity index (χ4n) is 9.01. The molecule has 240 valence electrons. The van der Waals surface area contributed by atoms with Gasteiger partial charge in [-0.1, -0.05) is 140 Å². The Kier molecular flexibility index (Phi) is 5.47. The summed E-state index contributed by atoms with van der Waals surface area (Å²) in [5.74, 6) is 0.665. The molecule has 52 heavy (non-hydrogen) atoms. The second-order valence-corrected chi connectivity index (χ2v) is 13.7. The van der Waals surface area contributed by atoms with E-state index in [9.17, 15) is 0 Å². The second-order valence-electron chi connectivity index (χ2n) is 13.7. The first-order valence-corrected chi connectivity index (χ1v) is 17.8. The topological polar surface area (TPSA) is 35.6 Å². The van der Waals surface area contributed by atoms with Crippen molar-refractivity contribution in [3.8, 4) is 45.1 Å². The summed E-state index contributed by atoms with van der Waals surface area (Å²) < 4.78 is 4.82. The van der Waals surface area contributed by atoms with Crippen LogP contribution in [-0.2, 0) is 0 Å². The number of hydrogen-bond donors (Lipinski definition) is 0. The normalized spacial score (nSPS) is 12.2. The molecule has 0 N–H and O–H groups in total. The first-order chi connectivity index (χ1) is 25.8. The van der Waals surface area contributed by atoms with E-state index in [2.05, 4.69) is 179 Å². The summed E-state index contributed by atoms with van der Waals surface area (Å²) in [6, 6.07) is 61.0. The molecule has 1 aliphatic carbocycles. The van der Waals surface area contributed by atoms with Gasteiger partial charge in [0, 0.05) is 49.0 Å². The molecule has 1 aliphatic rings. The maximum Gasteiger partial charge on any atom is 0.235 e. The van der Waals surface area contributed by atoms with Crippen LogP contribution in [0.15, 0.2) is 170 Å². The van der Waals surface area contributed by atoms with Crippen molar-refractivity contribution in [2.75, 3.05) is 0 Å². The lowest BCUT2D eigenvalue weighted by molar-refractivity contribution is 1.02. The monoisotopic (exact) mass is 660 g/mol. The van der Waals surface area contributed by atoms with Crippen molar-refractivity contribution in [3.05, 3.63) is 170 Å². The highest BCUT2D eigenvalue weighted by Gasteiger charge is 2.30. The van der Waals surface area contributed by atoms with Crippen LogP contribution < -0.4 is 0 Å². The van der Waals surface area contributed by atoms with Gasteiger partial charge in [-0.25, -0.2) is 9.97 Å². The van der Waals surface area contributed by atoms with Gasteiger partial charge in [-0.3, -0.25) is 4.57 Å². The van der Waals surface area contributed by atoms with E-state index in [1.54, 1.807) is 0 Å². The van der Waals surface area contributed by atoms with Crippen LogP contribution in [0.2, 0.25) is 0 Å². The van der Waals surface area contributed by atoms with Crippen LogP contribution in [0.3, 0.4) is 0 Å². The Hall–Kier alpha value is -7.04. The fraction of sp³-hybridized carbons (Fsp3) is 0. The number of fused-ring (bicyclic) bond motifs is 9. The molecule has 0 fully saturated rings. The number of nitrogens with zero attached hydrogens (tertiary/aromatic N) is 4. The first-order valence-electron chi connectivity index (χ1n) is 17.8. The maximum absolute atomic E-state index is 5.51. The Bertz CT molecular complexity index is 3280. The van der Waals surface area contributed by atoms with Crippen LogP contribution in [0, 0.1) is 0 Å². The van der Waals surface area contributed by atoms with Crippen LogP contribution in [0.4, 0.5) is 0 Å². The maximum atomic E-state index is 5.51. The molecule has 4 heteroatoms. The molecule has 0 saturated carbocycles. The molecule has 0 saturated heterocycles. The van der Waals surface area contributed by atoms with Gasteiger partial charge in [0.25, 0.3) is 0 Å². The number of para-hydroxylation sites is 3. The van der Waals surface area contributed by atoms with Gasteiger partial charge >= 0.3 is 0 Å². The molecule has 3 aromatic heterocycles. The molecule has 0 radical (unpaired) electrons. The third kappa shape index (κ3) is 3.55. The van der Waals surface area contributed by atoms with Gasteiger partial charge in [0.15, 0.2) is 0 Å². The third-order valence-corrected chi connectivity index (χ3v) is 11.0. The molecule has 0 atom stereocenters. The predicted molar refractivity (Wildman–Crippen MR) is 216 cm³/mol. The highest BCUT2D eigenvalue weighted by molar-refractivity contribution is 6.40. The van der Waals surface area contributed by atoms with Crippen LogP contribution in [0.25, 0.3) is 110 Å². The van der Waals surface area contributed by atoms with E-state index in [1.807, 2.05) is 0 Å². The van der Waals surface area contributed by atoms with Gasteiger partial charge in [-0.05, 0) is 52.6 Å². The molecule has 3 heterocycles. The Labute approximate surface area is 298 Å². The van der Waals surface area contributed by atoms with Crippen molar-refractivity contribution >= 4 is 65.3 Å². The van der Waals surface area contributed by atoms with Crippen LogP contribution in [0.5, 0.6) is 0 Å². The van der Waals surface area contributed by atoms with Gasteiger partial charge in [-0.15, -0.1) is 0 Å². The summed E-state index contributed by atoms with van der Waals surface area (Å²) in [6.45, 7) is 0. The van der Waals surface area contributed by atoms with Crippen molar-refractivity contribution in [2.45, 2.75) is 0 Å². The van der Waals surface area contributed by atoms with Crippen molar-refractivity contribution < 1.29 is 0 Å². The molecule has 11 aromatic rings. The fourth-order valence-corrected chi connectivity index (χ4v) is 9.01. The minimum Gasteiger partial charge on any atom is -0.309 e. The Morgan fingerprint density at radius 1 is 0.346 bits per heavy atom. The zero-order valence-corrected chi connectivity index (χ0v) is 28.0. The molecule has 4 nitrogen and oxygen atoms in total. The van der Waals surface area contributed by atoms with E-state index in [0.717, 1.165) is 38.9 Å². The van der Waals surface area contributed by atoms with E-state index in [-0.39, 0.29) is 0 Å². The van der Waals surface area contributed by atoms with Gasteiger partial charge in [0.1, 0.15) is 0 Å². The average molecular weight is 661 g/mol. The number of benzene rings is 8. The van der Waals surface area contributed by atoms with Crippen molar-refractivity contribution in [3.63, 3.8) is 0 Å². The molecule has 12 rings (SSSR count). The molecular weight excluding hydrogens is 633 g/mol. The molecule has 0 unspecified atom stereocenters. The number of hydrogen-bond acceptors (Lipinski definition) is 2. The quantitative estimate of drug-likeness (QED) is 0.189. The van der Waals surface area contributed by atoms with E-state index < -0.39 is 0 Å². The smallest absolute Gasteiger partial charge is 0.235 e. The van der Waals surface area contributed by atoms with E-state index in [0.29, 0.717) is 5.95 Å². The van der Waals surface area contributed by atoms with Gasteiger partial charge in [0.05, 0.1) is 33.3 Å². The molecule has 0 spiro atoms. The summed E-state index contributed by atoms with van der Waals surface area (Å²) in [5.41, 5.74) is 13.6. The third-order valence-electron chi connectivity index (χ3n) is 11.0. The van der Waals surface area contributed by atoms with Crippen LogP contribution in [-0.4, -0.2) is 19.1 Å². The zero-order valence-electron chi connectivity index (χ0n) is 28.0. The predicted octanol–water partition coefficient (Wildman–Crippen LogP) is 12.3. The summed E-state index contributed by atoms with van der Waals surface area (Å²) in [6.07, 6.45) is 0. The van der Waals surface area contributed by atoms with E-state index >= 15 is 0 Å². The lowest BCUT2D eigenvalue weighted by atomic mass is 9.92. The van der Waals surface area contributed by atoms with Crippen molar-refractivity contribution in [1.82, 2.24) is 19.1 Å². The Morgan fingerprint density at radius 3 is 1.75 bits per heavy atom. The van der Waals surface area contributed by atoms with E-state index in [4.69, 9.17) is 9.97 Å². The highest BCUT2D eigenvalue weighted by Crippen LogP contribution is 2.53. The summed E-state index contributed by atoms with van der Waals surface area (Å²) in [4.78, 5) is 10.9. The second kappa shape index (κ2) is 10.3. The Balaban J connectivity index is 1.40. The van der Waals surface area contributed by atoms with Crippen LogP contribution in [0.1, 0.15) is 0 Å². The average Bonchev–Trinajstić information content (AvgIpc) is 3.71. The standard InChI is InChI=1S/C48H28N4/c1-3-15-29(16-4-1)45-35-21-9-11-26-38(35)49-48(50-45)52-40-28-14-24-34-32-20-8-7-19-31(32)33-23-13-25-37-41(33)44(42(34)40)47(52)43-36-22-10-12-27-39(36)51(46(37)43)30-17-5-2-6-18-30/h1-28H. The largest absolute Gasteiger partial charge is 0.309 e. The summed E-state index contributed by atoms with van der Waals surface area (Å²) >= 11 is 0. The minimum atomic E-state index is 0.665.